The fraction of sp³-hybridized carbons (Fsp3) is 0.690. The minimum absolute atomic E-state index is 0.230. The first-order chi connectivity index (χ1) is 16.7. The molecule has 35 heavy (non-hydrogen) atoms. The first-order valence-electron chi connectivity index (χ1n) is 13.7. The number of aliphatic hydroxyl groups is 2. The molecule has 1 aromatic heterocycles. The second-order valence-corrected chi connectivity index (χ2v) is 11.9. The van der Waals surface area contributed by atoms with Crippen LogP contribution in [-0.2, 0) is 0 Å². The van der Waals surface area contributed by atoms with E-state index in [-0.39, 0.29) is 18.6 Å². The molecule has 4 rings (SSSR count). The van der Waals surface area contributed by atoms with Crippen molar-refractivity contribution in [2.75, 3.05) is 64.9 Å². The molecule has 0 amide bonds. The topological polar surface area (TPSA) is 59.8 Å². The van der Waals surface area contributed by atoms with Gasteiger partial charge in [-0.1, -0.05) is 26.0 Å². The molecule has 1 aromatic rings. The largest absolute Gasteiger partial charge is 0.396 e. The summed E-state index contributed by atoms with van der Waals surface area (Å²) in [7, 11) is 4.68. The second-order valence-electron chi connectivity index (χ2n) is 11.9. The molecular weight excluding hydrogens is 436 g/mol. The number of aliphatic hydroxyl groups excluding tert-OH is 2. The number of allylic oxidation sites excluding steroid dienone is 3. The van der Waals surface area contributed by atoms with Gasteiger partial charge < -0.3 is 15.1 Å². The van der Waals surface area contributed by atoms with E-state index in [1.807, 2.05) is 0 Å². The molecule has 0 bridgehead atoms. The number of aromatic nitrogens is 1. The summed E-state index contributed by atoms with van der Waals surface area (Å²) in [6.07, 6.45) is 10.8. The van der Waals surface area contributed by atoms with Gasteiger partial charge in [-0.25, -0.2) is 4.98 Å². The van der Waals surface area contributed by atoms with Gasteiger partial charge in [0.2, 0.25) is 0 Å². The molecule has 2 atom stereocenters. The smallest absolute Gasteiger partial charge is 0.131 e. The number of unbranched alkanes of at least 4 members (excludes halogenated alkanes) is 1. The van der Waals surface area contributed by atoms with Gasteiger partial charge in [0.1, 0.15) is 11.5 Å². The third-order valence-corrected chi connectivity index (χ3v) is 8.68. The molecule has 2 aliphatic heterocycles. The lowest BCUT2D eigenvalue weighted by Gasteiger charge is -2.45. The summed E-state index contributed by atoms with van der Waals surface area (Å²) < 4.78 is 0.983. The van der Waals surface area contributed by atoms with Crippen LogP contribution in [0.4, 0.5) is 5.82 Å². The molecule has 194 valence electrons. The van der Waals surface area contributed by atoms with Crippen molar-refractivity contribution in [1.29, 1.82) is 0 Å². The Hall–Kier alpha value is -1.73. The van der Waals surface area contributed by atoms with Crippen molar-refractivity contribution in [3.8, 4) is 0 Å². The number of hydrogen-bond donors (Lipinski definition) is 2. The maximum absolute atomic E-state index is 9.54. The Morgan fingerprint density at radius 2 is 1.83 bits per heavy atom. The lowest BCUT2D eigenvalue weighted by molar-refractivity contribution is -0.854. The quantitative estimate of drug-likeness (QED) is 0.412. The summed E-state index contributed by atoms with van der Waals surface area (Å²) in [4.78, 5) is 10.1. The summed E-state index contributed by atoms with van der Waals surface area (Å²) in [5, 5.41) is 18.7. The van der Waals surface area contributed by atoms with Gasteiger partial charge in [0.15, 0.2) is 0 Å². The van der Waals surface area contributed by atoms with Crippen LogP contribution in [-0.4, -0.2) is 90.7 Å². The number of piperazine rings is 1. The zero-order valence-corrected chi connectivity index (χ0v) is 22.4. The Morgan fingerprint density at radius 3 is 2.54 bits per heavy atom. The Bertz CT molecular complexity index is 915. The van der Waals surface area contributed by atoms with Gasteiger partial charge in [0.25, 0.3) is 0 Å². The van der Waals surface area contributed by atoms with Gasteiger partial charge in [-0.2, -0.15) is 0 Å². The maximum Gasteiger partial charge on any atom is 0.131 e. The van der Waals surface area contributed by atoms with E-state index in [0.29, 0.717) is 12.0 Å². The highest BCUT2D eigenvalue weighted by Crippen LogP contribution is 2.47. The van der Waals surface area contributed by atoms with E-state index in [4.69, 9.17) is 10.1 Å². The van der Waals surface area contributed by atoms with Gasteiger partial charge in [-0.3, -0.25) is 9.38 Å². The summed E-state index contributed by atoms with van der Waals surface area (Å²) in [6.45, 7) is 10.4. The number of hydrogen-bond acceptors (Lipinski definition) is 5. The SMILES string of the molecule is CC1(C)CC[N+](C)(C)C2=C1CC(c1cccc(N3CCN(C(CCO)CCCCO)CC3)n1)C=C2. The second kappa shape index (κ2) is 11.1. The average molecular weight is 484 g/mol. The van der Waals surface area contributed by atoms with Crippen molar-refractivity contribution in [2.24, 2.45) is 5.41 Å². The molecule has 2 unspecified atom stereocenters. The molecule has 1 saturated heterocycles. The van der Waals surface area contributed by atoms with Crippen LogP contribution in [0.2, 0.25) is 0 Å². The molecule has 2 N–H and O–H groups in total. The van der Waals surface area contributed by atoms with E-state index >= 15 is 0 Å². The maximum atomic E-state index is 9.54. The molecule has 6 nitrogen and oxygen atoms in total. The molecule has 3 aliphatic rings. The third-order valence-electron chi connectivity index (χ3n) is 8.68. The van der Waals surface area contributed by atoms with Gasteiger partial charge in [-0.05, 0) is 61.3 Å². The van der Waals surface area contributed by atoms with E-state index in [1.54, 1.807) is 5.57 Å². The Balaban J connectivity index is 1.42. The molecule has 1 fully saturated rings. The number of likely N-dealkylation sites (N-methyl/N-ethyl adjacent to an activating group) is 1. The van der Waals surface area contributed by atoms with Gasteiger partial charge in [0, 0.05) is 63.5 Å². The molecule has 3 heterocycles. The molecule has 0 saturated carbocycles. The highest BCUT2D eigenvalue weighted by Gasteiger charge is 2.41. The fourth-order valence-electron chi connectivity index (χ4n) is 6.21. The van der Waals surface area contributed by atoms with Gasteiger partial charge >= 0.3 is 0 Å². The zero-order valence-electron chi connectivity index (χ0n) is 22.4. The number of rotatable bonds is 9. The number of quaternary nitrogens is 1. The first-order valence-corrected chi connectivity index (χ1v) is 13.7. The van der Waals surface area contributed by atoms with E-state index in [1.165, 1.54) is 24.4 Å². The van der Waals surface area contributed by atoms with Crippen LogP contribution in [0.5, 0.6) is 0 Å². The average Bonchev–Trinajstić information content (AvgIpc) is 2.86. The van der Waals surface area contributed by atoms with E-state index in [2.05, 4.69) is 68.1 Å². The minimum Gasteiger partial charge on any atom is -0.396 e. The Kier molecular flexibility index (Phi) is 8.37. The minimum atomic E-state index is 0.230. The van der Waals surface area contributed by atoms with Crippen molar-refractivity contribution in [1.82, 2.24) is 9.88 Å². The van der Waals surface area contributed by atoms with Crippen molar-refractivity contribution in [3.05, 3.63) is 47.3 Å². The lowest BCUT2D eigenvalue weighted by Crippen LogP contribution is -2.51. The summed E-state index contributed by atoms with van der Waals surface area (Å²) in [5.41, 5.74) is 4.54. The van der Waals surface area contributed by atoms with Gasteiger partial charge in [-0.15, -0.1) is 0 Å². The molecule has 1 aliphatic carbocycles. The molecule has 6 heteroatoms. The van der Waals surface area contributed by atoms with Crippen molar-refractivity contribution in [2.45, 2.75) is 64.3 Å². The first kappa shape index (κ1) is 26.3. The highest BCUT2D eigenvalue weighted by molar-refractivity contribution is 5.43. The van der Waals surface area contributed by atoms with Crippen molar-refractivity contribution < 1.29 is 14.7 Å². The monoisotopic (exact) mass is 483 g/mol. The van der Waals surface area contributed by atoms with Crippen LogP contribution in [0.25, 0.3) is 0 Å². The van der Waals surface area contributed by atoms with Crippen LogP contribution >= 0.6 is 0 Å². The van der Waals surface area contributed by atoms with Crippen LogP contribution in [0.1, 0.15) is 64.0 Å². The number of nitrogens with zero attached hydrogens (tertiary/aromatic N) is 4. The Labute approximate surface area is 212 Å². The van der Waals surface area contributed by atoms with Gasteiger partial charge in [0.05, 0.1) is 20.6 Å². The predicted molar refractivity (Wildman–Crippen MR) is 143 cm³/mol. The third kappa shape index (κ3) is 5.99. The lowest BCUT2D eigenvalue weighted by atomic mass is 9.70. The van der Waals surface area contributed by atoms with E-state index in [9.17, 15) is 5.11 Å². The van der Waals surface area contributed by atoms with Crippen molar-refractivity contribution in [3.63, 3.8) is 0 Å². The summed E-state index contributed by atoms with van der Waals surface area (Å²) >= 11 is 0. The number of pyridine rings is 1. The Morgan fingerprint density at radius 1 is 1.06 bits per heavy atom. The van der Waals surface area contributed by atoms with Crippen LogP contribution in [0.15, 0.2) is 41.6 Å². The van der Waals surface area contributed by atoms with E-state index < -0.39 is 0 Å². The predicted octanol–water partition coefficient (Wildman–Crippen LogP) is 3.92. The molecular formula is C29H47N4O2+. The molecule has 0 spiro atoms. The summed E-state index contributed by atoms with van der Waals surface area (Å²) in [5.74, 6) is 1.43. The van der Waals surface area contributed by atoms with E-state index in [0.717, 1.165) is 68.6 Å². The fourth-order valence-corrected chi connectivity index (χ4v) is 6.21. The molecule has 0 radical (unpaired) electrons. The number of anilines is 1. The zero-order chi connectivity index (χ0) is 25.1. The highest BCUT2D eigenvalue weighted by atomic mass is 16.3. The standard InChI is InChI=1S/C29H47N4O2/c1-29(2)14-19-33(3,4)27-12-11-23(22-25(27)29)26-9-7-10-28(30-26)32-17-15-31(16-18-32)24(13-21-35)8-5-6-20-34/h7,9-12,23-24,34-35H,5-6,8,13-22H2,1-4H3/q+1. The molecule has 0 aromatic carbocycles. The van der Waals surface area contributed by atoms with Crippen LogP contribution in [0.3, 0.4) is 0 Å². The summed E-state index contributed by atoms with van der Waals surface area (Å²) in [6, 6.07) is 6.95. The van der Waals surface area contributed by atoms with Crippen LogP contribution in [0, 0.1) is 5.41 Å². The normalized spacial score (nSPS) is 25.0. The van der Waals surface area contributed by atoms with Crippen LogP contribution < -0.4 is 4.90 Å². The van der Waals surface area contributed by atoms with Crippen molar-refractivity contribution >= 4 is 5.82 Å².